The third-order valence-electron chi connectivity index (χ3n) is 21.2. The minimum Gasteiger partial charge on any atom is -0.426 e. The molecule has 0 atom stereocenters. The largest absolute Gasteiger partial charge is 0.426 e. The molecule has 0 N–H and O–H groups in total. The Bertz CT molecular complexity index is 4760. The number of likely N-dealkylation sites (tertiary alicyclic amines) is 2. The summed E-state index contributed by atoms with van der Waals surface area (Å²) in [6.07, 6.45) is 18.6. The Labute approximate surface area is 856 Å². The molecular formula is C97H139N11O20S9. The first-order valence-corrected chi connectivity index (χ1v) is 50.0. The maximum Gasteiger partial charge on any atom is 0.382 e. The van der Waals surface area contributed by atoms with E-state index in [1.54, 1.807) is 133 Å². The summed E-state index contributed by atoms with van der Waals surface area (Å²) < 4.78 is 19.5. The van der Waals surface area contributed by atoms with Crippen LogP contribution in [0, 0.1) is 0 Å². The number of hydrogen-bond acceptors (Lipinski definition) is 29. The average molecular weight is 2070 g/mol. The van der Waals surface area contributed by atoms with Gasteiger partial charge in [-0.3, -0.25) is 106 Å². The van der Waals surface area contributed by atoms with Crippen molar-refractivity contribution in [3.05, 3.63) is 101 Å². The van der Waals surface area contributed by atoms with Crippen LogP contribution in [0.25, 0.3) is 0 Å². The van der Waals surface area contributed by atoms with Crippen molar-refractivity contribution < 1.29 is 95.7 Å². The molecule has 0 bridgehead atoms. The van der Waals surface area contributed by atoms with Gasteiger partial charge in [-0.2, -0.15) is 0 Å². The van der Waals surface area contributed by atoms with Crippen molar-refractivity contribution in [1.29, 1.82) is 0 Å². The summed E-state index contributed by atoms with van der Waals surface area (Å²) in [4.78, 5) is 205. The molecule has 9 rings (SSSR count). The Balaban J connectivity index is 0.000000773. The molecule has 9 heterocycles. The number of esters is 2. The number of ether oxygens (including phenoxy) is 4. The topological polar surface area (TPSA) is 346 Å². The van der Waals surface area contributed by atoms with Crippen LogP contribution in [0.1, 0.15) is 296 Å². The predicted molar refractivity (Wildman–Crippen MR) is 564 cm³/mol. The summed E-state index contributed by atoms with van der Waals surface area (Å²) in [7, 11) is 3.13. The highest BCUT2D eigenvalue weighted by Crippen LogP contribution is 2.31. The molecular weight excluding hydrogens is 1930 g/mol. The number of barbiturate groups is 1. The number of thioether (sulfide) groups is 1. The molecule has 31 nitrogen and oxygen atoms in total. The first-order valence-electron chi connectivity index (χ1n) is 45.9. The van der Waals surface area contributed by atoms with Crippen molar-refractivity contribution in [1.82, 2.24) is 53.9 Å². The zero-order valence-electron chi connectivity index (χ0n) is 85.1. The number of nitrogens with zero attached hydrogens (tertiary/aromatic N) is 11. The first-order chi connectivity index (χ1) is 64.0. The van der Waals surface area contributed by atoms with Crippen LogP contribution in [-0.4, -0.2) is 261 Å². The standard InChI is InChI=1S/C14H21NO3S.C14H23NOS.C13H21NO2S.C11H16N2O3.C11H16N2O2S.C10H13NOS2.C9H12N2O2S.C9H11NO3S.C6H6O3S/c1-4-5-6-7-8-9-15-12(16)11(10(2)3)13(17)18-14(15)19;1-4-5-6-7-8-9-15-13(17)10-12(11(2)3)14(15)16;1-4-5-6-7-8-9-14-12(15)11(10(2)3)16-13(14)17;2*1-5-12-9(14)8(7(3)4)10(15)13(6-2)11(12)16;1-4-11-8(14)5-7(13)9(6(2)3)10(11)12;1-5(2)6-7(12)10(3)9(14)11(4)8(6)13;1-4-10-7(11)6(5(2)3)8(12)14-9(10)13;1-3(2)4-5(7)9-6(10)8-4/h4-9H2,1-3H3;4-10H2,1-3H3;4-9H2,1-3H3;2*5-6H2,1-4H3;4-5H2,1-3H3;1-4H3;4H2,1-3H3;1-2H3. The minimum atomic E-state index is -0.628. The van der Waals surface area contributed by atoms with Crippen LogP contribution in [0.2, 0.25) is 0 Å². The molecule has 0 aromatic heterocycles. The maximum atomic E-state index is 12.2. The zero-order chi connectivity index (χ0) is 106. The highest BCUT2D eigenvalue weighted by Gasteiger charge is 2.44. The Hall–Kier alpha value is -9.55. The molecule has 9 fully saturated rings. The molecule has 9 aliphatic heterocycles. The molecule has 0 radical (unpaired) electrons. The van der Waals surface area contributed by atoms with Crippen LogP contribution in [0.15, 0.2) is 101 Å². The van der Waals surface area contributed by atoms with Crippen molar-refractivity contribution in [2.75, 3.05) is 73.0 Å². The smallest absolute Gasteiger partial charge is 0.382 e. The number of likely N-dealkylation sites (N-methyl/N-ethyl adjacent to an activating group) is 8. The van der Waals surface area contributed by atoms with Crippen LogP contribution in [0.3, 0.4) is 0 Å². The van der Waals surface area contributed by atoms with Gasteiger partial charge < -0.3 is 28.7 Å². The van der Waals surface area contributed by atoms with Gasteiger partial charge >= 0.3 is 23.2 Å². The number of carbonyl (C=O) groups is 16. The van der Waals surface area contributed by atoms with Gasteiger partial charge in [0.25, 0.3) is 80.6 Å². The monoisotopic (exact) mass is 2070 g/mol. The molecule has 40 heteroatoms. The second-order valence-electron chi connectivity index (χ2n) is 33.9. The number of allylic oxidation sites excluding steroid dienone is 9. The van der Waals surface area contributed by atoms with Gasteiger partial charge in [-0.15, -0.1) is 0 Å². The van der Waals surface area contributed by atoms with E-state index in [2.05, 4.69) is 37.7 Å². The first kappa shape index (κ1) is 125. The lowest BCUT2D eigenvalue weighted by Gasteiger charge is -2.35. The summed E-state index contributed by atoms with van der Waals surface area (Å²) in [5, 5.41) is -0.189. The van der Waals surface area contributed by atoms with E-state index in [9.17, 15) is 76.7 Å². The van der Waals surface area contributed by atoms with Crippen molar-refractivity contribution in [3.8, 4) is 0 Å². The lowest BCUT2D eigenvalue weighted by atomic mass is 9.99. The van der Waals surface area contributed by atoms with E-state index in [1.165, 1.54) is 82.3 Å². The molecule has 0 aromatic rings. The Morgan fingerprint density at radius 1 is 0.277 bits per heavy atom. The van der Waals surface area contributed by atoms with Crippen LogP contribution in [0.5, 0.6) is 0 Å². The molecule has 9 saturated heterocycles. The van der Waals surface area contributed by atoms with Gasteiger partial charge in [-0.1, -0.05) is 173 Å². The van der Waals surface area contributed by atoms with E-state index >= 15 is 0 Å². The summed E-state index contributed by atoms with van der Waals surface area (Å²) in [5.41, 5.74) is 9.52. The normalized spacial score (nSPS) is 16.8. The fraction of sp³-hybridized carbons (Fsp3) is 0.567. The molecule has 0 spiro atoms. The molecule has 0 saturated carbocycles. The molecule has 756 valence electrons. The van der Waals surface area contributed by atoms with Gasteiger partial charge in [0, 0.05) is 120 Å². The minimum absolute atomic E-state index is 0.0181. The lowest BCUT2D eigenvalue weighted by molar-refractivity contribution is -0.141. The van der Waals surface area contributed by atoms with E-state index in [1.807, 2.05) is 62.3 Å². The summed E-state index contributed by atoms with van der Waals surface area (Å²) in [5.74, 6) is -3.43. The van der Waals surface area contributed by atoms with Crippen molar-refractivity contribution in [2.24, 2.45) is 0 Å². The van der Waals surface area contributed by atoms with Crippen LogP contribution in [0.4, 0.5) is 9.59 Å². The highest BCUT2D eigenvalue weighted by molar-refractivity contribution is 8.26. The summed E-state index contributed by atoms with van der Waals surface area (Å²) in [6, 6.07) is -0.523. The van der Waals surface area contributed by atoms with E-state index in [-0.39, 0.29) is 109 Å². The number of carbonyl (C=O) groups excluding carboxylic acids is 16. The van der Waals surface area contributed by atoms with Crippen molar-refractivity contribution >= 4 is 243 Å². The third-order valence-corrected chi connectivity index (χ3v) is 24.9. The quantitative estimate of drug-likeness (QED) is 0.0285. The van der Waals surface area contributed by atoms with Crippen molar-refractivity contribution in [3.63, 3.8) is 0 Å². The van der Waals surface area contributed by atoms with Gasteiger partial charge in [-0.25, -0.2) is 14.4 Å². The van der Waals surface area contributed by atoms with Gasteiger partial charge in [0.15, 0.2) is 16.0 Å². The van der Waals surface area contributed by atoms with Gasteiger partial charge in [0.05, 0.1) is 21.1 Å². The molecule has 9 aliphatic rings. The van der Waals surface area contributed by atoms with Crippen molar-refractivity contribution in [2.45, 2.75) is 296 Å². The molecule has 14 amide bonds. The van der Waals surface area contributed by atoms with E-state index in [4.69, 9.17) is 99.7 Å². The molecule has 0 aromatic carbocycles. The number of unbranched alkanes of at least 4 members (excludes halogenated alkanes) is 12. The number of amides is 14. The Morgan fingerprint density at radius 3 is 0.934 bits per heavy atom. The van der Waals surface area contributed by atoms with Crippen LogP contribution >= 0.6 is 110 Å². The second-order valence-corrected chi connectivity index (χ2v) is 38.0. The number of hydrogen-bond donors (Lipinski definition) is 0. The third kappa shape index (κ3) is 35.3. The summed E-state index contributed by atoms with van der Waals surface area (Å²) in [6.45, 7) is 54.0. The zero-order valence-corrected chi connectivity index (χ0v) is 92.5. The summed E-state index contributed by atoms with van der Waals surface area (Å²) >= 11 is 40.7. The molecule has 0 unspecified atom stereocenters. The Morgan fingerprint density at radius 2 is 0.606 bits per heavy atom. The van der Waals surface area contributed by atoms with Gasteiger partial charge in [-0.05, 0) is 245 Å². The SMILES string of the molecule is CC(C)=C1C(=O)N(C)C(=S)N(C)C1=O.CC(C)=C1OC(=S)OC1=O.CCCCCCCN1C(=O)C(=C(C)C)C(=O)OC1=S.CCCCCCCN1C(=O)C(=C(C)C)CC1=S.CCCCCCCN1C(=O)C(=C(C)C)OC1=S.CCN1C(=O)C(=C(C)C)C(=O)N(CC)C1=O.CCN1C(=O)C(=C(C)C)C(=O)N(CC)C1=S.CCN1C(=O)C(=C(C)C)C(=S)CC1=S.CCN1C(=O)SC(=O)C(=C(C)C)C1=O. The lowest BCUT2D eigenvalue weighted by Crippen LogP contribution is -2.56. The highest BCUT2D eigenvalue weighted by atomic mass is 32.2. The number of piperidine rings is 1. The predicted octanol–water partition coefficient (Wildman–Crippen LogP) is 18.2. The van der Waals surface area contributed by atoms with Crippen LogP contribution in [-0.2, 0) is 86.1 Å². The number of rotatable bonds is 24. The second kappa shape index (κ2) is 61.1. The fourth-order valence-corrected chi connectivity index (χ4v) is 17.0. The fourth-order valence-electron chi connectivity index (χ4n) is 13.7. The van der Waals surface area contributed by atoms with E-state index in [0.717, 1.165) is 98.2 Å². The molecule has 137 heavy (non-hydrogen) atoms. The molecule has 0 aliphatic carbocycles. The maximum absolute atomic E-state index is 12.2. The van der Waals surface area contributed by atoms with Gasteiger partial charge in [0.2, 0.25) is 10.9 Å². The number of urea groups is 1. The number of cyclic esters (lactones) is 2. The Kier molecular flexibility index (Phi) is 56.0. The van der Waals surface area contributed by atoms with E-state index < -0.39 is 46.0 Å². The average Bonchev–Trinajstić information content (AvgIpc) is 1.64. The number of imide groups is 3. The van der Waals surface area contributed by atoms with Crippen LogP contribution < -0.4 is 0 Å². The number of thiocarbonyl (C=S) groups is 8. The van der Waals surface area contributed by atoms with E-state index in [0.29, 0.717) is 118 Å². The van der Waals surface area contributed by atoms with Gasteiger partial charge in [0.1, 0.15) is 22.3 Å².